The van der Waals surface area contributed by atoms with Gasteiger partial charge in [-0.1, -0.05) is 22.0 Å². The van der Waals surface area contributed by atoms with E-state index < -0.39 is 0 Å². The van der Waals surface area contributed by atoms with Crippen LogP contribution >= 0.6 is 15.9 Å². The maximum Gasteiger partial charge on any atom is 0.0236 e. The van der Waals surface area contributed by atoms with Crippen molar-refractivity contribution in [1.29, 1.82) is 0 Å². The Bertz CT molecular complexity index is 352. The molecule has 0 aromatic heterocycles. The van der Waals surface area contributed by atoms with E-state index >= 15 is 0 Å². The largest absolute Gasteiger partial charge is 0.330 e. The number of hydrogen-bond donors (Lipinski definition) is 1. The van der Waals surface area contributed by atoms with Crippen LogP contribution in [0.25, 0.3) is 0 Å². The number of unbranched alkanes of at least 4 members (excludes halogenated alkanes) is 1. The van der Waals surface area contributed by atoms with Crippen molar-refractivity contribution in [3.63, 3.8) is 0 Å². The van der Waals surface area contributed by atoms with Gasteiger partial charge in [0, 0.05) is 17.6 Å². The lowest BCUT2D eigenvalue weighted by atomic mass is 10.00. The van der Waals surface area contributed by atoms with Crippen LogP contribution in [-0.4, -0.2) is 24.5 Å². The van der Waals surface area contributed by atoms with E-state index in [2.05, 4.69) is 39.0 Å². The van der Waals surface area contributed by atoms with Gasteiger partial charge in [-0.15, -0.1) is 0 Å². The third kappa shape index (κ3) is 3.06. The molecular weight excluding hydrogens is 264 g/mol. The minimum Gasteiger partial charge on any atom is -0.330 e. The van der Waals surface area contributed by atoms with Crippen LogP contribution in [0.1, 0.15) is 24.0 Å². The van der Waals surface area contributed by atoms with Crippen molar-refractivity contribution in [2.75, 3.05) is 19.6 Å². The fourth-order valence-electron chi connectivity index (χ4n) is 2.25. The number of fused-ring (bicyclic) bond motifs is 1. The van der Waals surface area contributed by atoms with Crippen LogP contribution in [-0.2, 0) is 13.0 Å². The molecule has 0 atom stereocenters. The van der Waals surface area contributed by atoms with Crippen molar-refractivity contribution in [1.82, 2.24) is 4.90 Å². The van der Waals surface area contributed by atoms with Crippen LogP contribution < -0.4 is 5.73 Å². The molecule has 1 aliphatic heterocycles. The van der Waals surface area contributed by atoms with Gasteiger partial charge in [0.15, 0.2) is 0 Å². The normalized spacial score (nSPS) is 16.1. The SMILES string of the molecule is NCCCCN1CCc2cc(Br)ccc2C1. The molecule has 88 valence electrons. The topological polar surface area (TPSA) is 29.3 Å². The van der Waals surface area contributed by atoms with E-state index in [0.717, 1.165) is 19.5 Å². The lowest BCUT2D eigenvalue weighted by Gasteiger charge is -2.28. The molecule has 1 aromatic carbocycles. The molecular formula is C13H19BrN2. The first-order chi connectivity index (χ1) is 7.79. The minimum absolute atomic E-state index is 0.817. The van der Waals surface area contributed by atoms with Crippen LogP contribution in [0.4, 0.5) is 0 Å². The molecule has 0 aliphatic carbocycles. The highest BCUT2D eigenvalue weighted by atomic mass is 79.9. The maximum absolute atomic E-state index is 5.51. The van der Waals surface area contributed by atoms with E-state index in [1.807, 2.05) is 0 Å². The Kier molecular flexibility index (Phi) is 4.38. The Morgan fingerprint density at radius 2 is 2.12 bits per heavy atom. The third-order valence-electron chi connectivity index (χ3n) is 3.19. The summed E-state index contributed by atoms with van der Waals surface area (Å²) in [4.78, 5) is 2.53. The zero-order valence-corrected chi connectivity index (χ0v) is 11.2. The van der Waals surface area contributed by atoms with Crippen molar-refractivity contribution < 1.29 is 0 Å². The molecule has 1 heterocycles. The fraction of sp³-hybridized carbons (Fsp3) is 0.538. The molecule has 0 bridgehead atoms. The molecule has 0 saturated carbocycles. The molecule has 0 saturated heterocycles. The summed E-state index contributed by atoms with van der Waals surface area (Å²) in [6.07, 6.45) is 3.55. The molecule has 0 radical (unpaired) electrons. The van der Waals surface area contributed by atoms with E-state index in [9.17, 15) is 0 Å². The quantitative estimate of drug-likeness (QED) is 0.860. The van der Waals surface area contributed by atoms with Crippen LogP contribution in [0.5, 0.6) is 0 Å². The van der Waals surface area contributed by atoms with Crippen molar-refractivity contribution in [2.24, 2.45) is 5.73 Å². The van der Waals surface area contributed by atoms with Gasteiger partial charge in [0.05, 0.1) is 0 Å². The van der Waals surface area contributed by atoms with Crippen LogP contribution in [0, 0.1) is 0 Å². The zero-order chi connectivity index (χ0) is 11.4. The Morgan fingerprint density at radius 1 is 1.25 bits per heavy atom. The first-order valence-electron chi connectivity index (χ1n) is 5.99. The molecule has 3 heteroatoms. The molecule has 2 N–H and O–H groups in total. The monoisotopic (exact) mass is 282 g/mol. The van der Waals surface area contributed by atoms with Gasteiger partial charge in [-0.3, -0.25) is 4.90 Å². The summed E-state index contributed by atoms with van der Waals surface area (Å²) in [6.45, 7) is 4.30. The summed E-state index contributed by atoms with van der Waals surface area (Å²) in [5, 5.41) is 0. The number of benzene rings is 1. The zero-order valence-electron chi connectivity index (χ0n) is 9.58. The molecule has 0 spiro atoms. The van der Waals surface area contributed by atoms with Crippen molar-refractivity contribution >= 4 is 15.9 Å². The molecule has 0 fully saturated rings. The average molecular weight is 283 g/mol. The molecule has 2 nitrogen and oxygen atoms in total. The highest BCUT2D eigenvalue weighted by Crippen LogP contribution is 2.22. The van der Waals surface area contributed by atoms with Gasteiger partial charge in [-0.05, 0) is 55.6 Å². The van der Waals surface area contributed by atoms with Crippen molar-refractivity contribution in [3.05, 3.63) is 33.8 Å². The number of hydrogen-bond acceptors (Lipinski definition) is 2. The predicted octanol–water partition coefficient (Wildman–Crippen LogP) is 2.55. The summed E-state index contributed by atoms with van der Waals surface area (Å²) in [6, 6.07) is 6.64. The molecule has 0 amide bonds. The average Bonchev–Trinajstić information content (AvgIpc) is 2.29. The molecule has 16 heavy (non-hydrogen) atoms. The number of nitrogens with two attached hydrogens (primary N) is 1. The second kappa shape index (κ2) is 5.80. The molecule has 0 unspecified atom stereocenters. The lowest BCUT2D eigenvalue weighted by Crippen LogP contribution is -2.31. The lowest BCUT2D eigenvalue weighted by molar-refractivity contribution is 0.249. The highest BCUT2D eigenvalue weighted by Gasteiger charge is 2.15. The smallest absolute Gasteiger partial charge is 0.0236 e. The van der Waals surface area contributed by atoms with E-state index in [1.165, 1.54) is 41.5 Å². The second-order valence-corrected chi connectivity index (χ2v) is 5.35. The molecule has 1 aliphatic rings. The van der Waals surface area contributed by atoms with Crippen LogP contribution in [0.3, 0.4) is 0 Å². The summed E-state index contributed by atoms with van der Waals surface area (Å²) in [5.74, 6) is 0. The van der Waals surface area contributed by atoms with Gasteiger partial charge in [0.1, 0.15) is 0 Å². The van der Waals surface area contributed by atoms with E-state index in [4.69, 9.17) is 5.73 Å². The van der Waals surface area contributed by atoms with Gasteiger partial charge in [0.2, 0.25) is 0 Å². The summed E-state index contributed by atoms with van der Waals surface area (Å²) in [5.41, 5.74) is 8.51. The standard InChI is InChI=1S/C13H19BrN2/c14-13-4-3-12-10-16(7-2-1-6-15)8-5-11(12)9-13/h3-4,9H,1-2,5-8,10,15H2. The summed E-state index contributed by atoms with van der Waals surface area (Å²) in [7, 11) is 0. The van der Waals surface area contributed by atoms with E-state index in [1.54, 1.807) is 0 Å². The van der Waals surface area contributed by atoms with Gasteiger partial charge in [-0.25, -0.2) is 0 Å². The molecule has 2 rings (SSSR count). The number of nitrogens with zero attached hydrogens (tertiary/aromatic N) is 1. The second-order valence-electron chi connectivity index (χ2n) is 4.43. The van der Waals surface area contributed by atoms with Gasteiger partial charge in [0.25, 0.3) is 0 Å². The first-order valence-corrected chi connectivity index (χ1v) is 6.78. The van der Waals surface area contributed by atoms with Crippen molar-refractivity contribution in [3.8, 4) is 0 Å². The third-order valence-corrected chi connectivity index (χ3v) is 3.68. The minimum atomic E-state index is 0.817. The van der Waals surface area contributed by atoms with Gasteiger partial charge < -0.3 is 5.73 Å². The maximum atomic E-state index is 5.51. The molecule has 1 aromatic rings. The Hall–Kier alpha value is -0.380. The van der Waals surface area contributed by atoms with Gasteiger partial charge >= 0.3 is 0 Å². The predicted molar refractivity (Wildman–Crippen MR) is 71.4 cm³/mol. The summed E-state index contributed by atoms with van der Waals surface area (Å²) >= 11 is 3.53. The Balaban J connectivity index is 1.93. The highest BCUT2D eigenvalue weighted by molar-refractivity contribution is 9.10. The van der Waals surface area contributed by atoms with Gasteiger partial charge in [-0.2, -0.15) is 0 Å². The fourth-order valence-corrected chi connectivity index (χ4v) is 2.66. The van der Waals surface area contributed by atoms with E-state index in [0.29, 0.717) is 0 Å². The first kappa shape index (κ1) is 12.1. The van der Waals surface area contributed by atoms with E-state index in [-0.39, 0.29) is 0 Å². The summed E-state index contributed by atoms with van der Waals surface area (Å²) < 4.78 is 1.20. The van der Waals surface area contributed by atoms with Crippen molar-refractivity contribution in [2.45, 2.75) is 25.8 Å². The number of rotatable bonds is 4. The van der Waals surface area contributed by atoms with Crippen LogP contribution in [0.15, 0.2) is 22.7 Å². The Morgan fingerprint density at radius 3 is 2.94 bits per heavy atom. The van der Waals surface area contributed by atoms with Crippen LogP contribution in [0.2, 0.25) is 0 Å². The number of halogens is 1. The Labute approximate surface area is 106 Å².